The summed E-state index contributed by atoms with van der Waals surface area (Å²) in [5, 5.41) is 36.1. The first-order chi connectivity index (χ1) is 18.5. The van der Waals surface area contributed by atoms with Crippen LogP contribution in [0.4, 0.5) is 0 Å². The van der Waals surface area contributed by atoms with E-state index in [1.54, 1.807) is 12.1 Å². The Bertz CT molecular complexity index is 1600. The monoisotopic (exact) mass is 523 g/mol. The van der Waals surface area contributed by atoms with Gasteiger partial charge in [0.15, 0.2) is 0 Å². The highest BCUT2D eigenvalue weighted by molar-refractivity contribution is 6.19. The van der Waals surface area contributed by atoms with Gasteiger partial charge in [-0.15, -0.1) is 0 Å². The van der Waals surface area contributed by atoms with Crippen LogP contribution in [-0.4, -0.2) is 24.9 Å². The summed E-state index contributed by atoms with van der Waals surface area (Å²) in [5.74, 6) is -0.986. The van der Waals surface area contributed by atoms with Crippen molar-refractivity contribution in [3.05, 3.63) is 86.3 Å². The van der Waals surface area contributed by atoms with Crippen LogP contribution in [0.25, 0.3) is 27.5 Å². The zero-order chi connectivity index (χ0) is 28.2. The Kier molecular flexibility index (Phi) is 7.00. The summed E-state index contributed by atoms with van der Waals surface area (Å²) in [7, 11) is 0. The standard InChI is InChI=1S/C32H33N3O4/c1-17(2)15-34(38)31(36)25-12-10-23-22-9-7-20(14-33)28-26(32(37)35(39)16-18(3)4)13-11-24(30(22)28)21-8-6-19(5)27(25)29(21)23/h6-9,11-13,17-18,23,34-35H,10,15-16H2,1-5H3. The van der Waals surface area contributed by atoms with Gasteiger partial charge in [0.05, 0.1) is 35.9 Å². The molecule has 0 saturated heterocycles. The average Bonchev–Trinajstić information content (AvgIpc) is 2.90. The number of benzene rings is 3. The number of carbonyl (C=O) groups is 2. The van der Waals surface area contributed by atoms with Gasteiger partial charge in [-0.2, -0.15) is 5.26 Å². The maximum atomic E-state index is 13.3. The van der Waals surface area contributed by atoms with Crippen molar-refractivity contribution in [2.24, 2.45) is 11.8 Å². The number of amides is 2. The molecule has 7 nitrogen and oxygen atoms in total. The molecular formula is C32H33N3O4. The zero-order valence-electron chi connectivity index (χ0n) is 23.0. The summed E-state index contributed by atoms with van der Waals surface area (Å²) in [5.41, 5.74) is 6.56. The molecule has 0 radical (unpaired) electrons. The molecule has 3 atom stereocenters. The number of carbonyl (C=O) groups excluding carboxylic acids is 2. The summed E-state index contributed by atoms with van der Waals surface area (Å²) in [4.78, 5) is 26.6. The van der Waals surface area contributed by atoms with Gasteiger partial charge < -0.3 is 20.5 Å². The smallest absolute Gasteiger partial charge is 0.344 e. The minimum Gasteiger partial charge on any atom is -0.626 e. The average molecular weight is 524 g/mol. The van der Waals surface area contributed by atoms with Crippen molar-refractivity contribution >= 4 is 28.2 Å². The van der Waals surface area contributed by atoms with Crippen LogP contribution in [-0.2, 0) is 4.79 Å². The molecule has 0 aromatic heterocycles. The number of quaternary nitrogens is 2. The third kappa shape index (κ3) is 4.40. The third-order valence-electron chi connectivity index (χ3n) is 7.79. The number of rotatable bonds is 6. The van der Waals surface area contributed by atoms with Gasteiger partial charge in [-0.25, -0.2) is 9.59 Å². The van der Waals surface area contributed by atoms with E-state index in [2.05, 4.69) is 6.07 Å². The Morgan fingerprint density at radius 1 is 0.923 bits per heavy atom. The van der Waals surface area contributed by atoms with E-state index in [1.165, 1.54) is 0 Å². The molecule has 3 aromatic carbocycles. The quantitative estimate of drug-likeness (QED) is 0.479. The van der Waals surface area contributed by atoms with Crippen LogP contribution >= 0.6 is 0 Å². The van der Waals surface area contributed by atoms with E-state index < -0.39 is 16.9 Å². The van der Waals surface area contributed by atoms with Crippen molar-refractivity contribution in [2.75, 3.05) is 13.1 Å². The van der Waals surface area contributed by atoms with Gasteiger partial charge >= 0.3 is 11.8 Å². The van der Waals surface area contributed by atoms with Crippen molar-refractivity contribution in [3.8, 4) is 17.2 Å². The molecule has 3 aromatic rings. The lowest BCUT2D eigenvalue weighted by molar-refractivity contribution is -0.765. The van der Waals surface area contributed by atoms with E-state index in [0.29, 0.717) is 22.9 Å². The highest BCUT2D eigenvalue weighted by Gasteiger charge is 2.37. The first kappa shape index (κ1) is 26.9. The predicted octanol–water partition coefficient (Wildman–Crippen LogP) is 3.66. The fourth-order valence-corrected chi connectivity index (χ4v) is 6.17. The number of nitrogens with one attached hydrogen (secondary N) is 2. The van der Waals surface area contributed by atoms with Gasteiger partial charge in [0.2, 0.25) is 0 Å². The minimum absolute atomic E-state index is 0.0451. The highest BCUT2D eigenvalue weighted by atomic mass is 16.5. The molecule has 2 aliphatic carbocycles. The molecule has 0 bridgehead atoms. The highest BCUT2D eigenvalue weighted by Crippen LogP contribution is 2.52. The molecule has 7 heteroatoms. The topological polar surface area (TPSA) is 113 Å². The van der Waals surface area contributed by atoms with Gasteiger partial charge in [-0.1, -0.05) is 58.0 Å². The van der Waals surface area contributed by atoms with Crippen LogP contribution in [0, 0.1) is 40.5 Å². The molecule has 0 aliphatic heterocycles. The zero-order valence-corrected chi connectivity index (χ0v) is 23.0. The number of nitriles is 1. The van der Waals surface area contributed by atoms with E-state index in [4.69, 9.17) is 0 Å². The van der Waals surface area contributed by atoms with Gasteiger partial charge in [0.25, 0.3) is 0 Å². The lowest BCUT2D eigenvalue weighted by Crippen LogP contribution is -3.10. The molecule has 0 saturated carbocycles. The molecule has 3 unspecified atom stereocenters. The predicted molar refractivity (Wildman–Crippen MR) is 151 cm³/mol. The largest absolute Gasteiger partial charge is 0.626 e. The Labute approximate surface area is 228 Å². The molecule has 5 rings (SSSR count). The van der Waals surface area contributed by atoms with Gasteiger partial charge in [-0.3, -0.25) is 0 Å². The van der Waals surface area contributed by atoms with Gasteiger partial charge in [-0.05, 0) is 64.2 Å². The van der Waals surface area contributed by atoms with Crippen LogP contribution in [0.3, 0.4) is 0 Å². The Hall–Kier alpha value is -3.67. The van der Waals surface area contributed by atoms with E-state index in [-0.39, 0.29) is 41.5 Å². The van der Waals surface area contributed by atoms with Crippen molar-refractivity contribution in [1.29, 1.82) is 5.26 Å². The first-order valence-corrected chi connectivity index (χ1v) is 13.5. The summed E-state index contributed by atoms with van der Waals surface area (Å²) >= 11 is 0. The molecule has 0 heterocycles. The van der Waals surface area contributed by atoms with Crippen LogP contribution in [0.2, 0.25) is 0 Å². The van der Waals surface area contributed by atoms with Crippen molar-refractivity contribution in [1.82, 2.24) is 0 Å². The Morgan fingerprint density at radius 3 is 2.21 bits per heavy atom. The van der Waals surface area contributed by atoms with Crippen LogP contribution in [0.1, 0.15) is 78.2 Å². The second kappa shape index (κ2) is 10.1. The number of allylic oxidation sites excluding steroid dienone is 1. The fourth-order valence-electron chi connectivity index (χ4n) is 6.17. The third-order valence-corrected chi connectivity index (χ3v) is 7.79. The first-order valence-electron chi connectivity index (χ1n) is 13.5. The van der Waals surface area contributed by atoms with Gasteiger partial charge in [0, 0.05) is 23.1 Å². The number of hydrogen-bond acceptors (Lipinski definition) is 5. The molecule has 39 heavy (non-hydrogen) atoms. The number of fused-ring (bicyclic) bond motifs is 2. The van der Waals surface area contributed by atoms with E-state index >= 15 is 0 Å². The molecular weight excluding hydrogens is 490 g/mol. The maximum Gasteiger partial charge on any atom is 0.344 e. The second-order valence-corrected chi connectivity index (χ2v) is 11.6. The minimum atomic E-state index is -0.570. The molecule has 2 amide bonds. The van der Waals surface area contributed by atoms with Crippen molar-refractivity contribution in [2.45, 2.75) is 47.0 Å². The lowest BCUT2D eigenvalue weighted by Gasteiger charge is -2.35. The summed E-state index contributed by atoms with van der Waals surface area (Å²) in [6.45, 7) is 9.95. The number of nitrogens with zero attached hydrogens (tertiary/aromatic N) is 1. The van der Waals surface area contributed by atoms with E-state index in [0.717, 1.165) is 38.8 Å². The SMILES string of the molecule is Cc1ccc2c3c1C(C(=O)[NH+]([O-])CC(C)C)=CCC3c1ccc(C#N)c3c(C(=O)[NH+]([O-])CC(C)C)ccc-2c13. The van der Waals surface area contributed by atoms with Crippen LogP contribution in [0.5, 0.6) is 0 Å². The fraction of sp³-hybridized carbons (Fsp3) is 0.344. The molecule has 0 fully saturated rings. The second-order valence-electron chi connectivity index (χ2n) is 11.6. The molecule has 0 spiro atoms. The number of hydroxylamine groups is 4. The summed E-state index contributed by atoms with van der Waals surface area (Å²) in [6.07, 6.45) is 2.39. The summed E-state index contributed by atoms with van der Waals surface area (Å²) < 4.78 is 0. The van der Waals surface area contributed by atoms with E-state index in [1.807, 2.05) is 65.0 Å². The van der Waals surface area contributed by atoms with E-state index in [9.17, 15) is 25.3 Å². The van der Waals surface area contributed by atoms with Gasteiger partial charge in [0.1, 0.15) is 0 Å². The molecule has 2 aliphatic rings. The molecule has 200 valence electrons. The lowest BCUT2D eigenvalue weighted by atomic mass is 9.68. The van der Waals surface area contributed by atoms with Crippen molar-refractivity contribution < 1.29 is 19.7 Å². The van der Waals surface area contributed by atoms with Crippen LogP contribution < -0.4 is 10.1 Å². The molecule has 2 N–H and O–H groups in total. The number of aryl methyl sites for hydroxylation is 1. The van der Waals surface area contributed by atoms with Crippen molar-refractivity contribution in [3.63, 3.8) is 0 Å². The van der Waals surface area contributed by atoms with Crippen LogP contribution in [0.15, 0.2) is 42.5 Å². The summed E-state index contributed by atoms with van der Waals surface area (Å²) in [6, 6.07) is 13.4. The Balaban J connectivity index is 1.74. The maximum absolute atomic E-state index is 13.3. The Morgan fingerprint density at radius 2 is 1.56 bits per heavy atom. The normalized spacial score (nSPS) is 17.0. The number of hydrogen-bond donors (Lipinski definition) is 2.